The Morgan fingerprint density at radius 1 is 1.09 bits per heavy atom. The van der Waals surface area contributed by atoms with Gasteiger partial charge in [-0.15, -0.1) is 0 Å². The highest BCUT2D eigenvalue weighted by Crippen LogP contribution is 2.32. The fourth-order valence-electron chi connectivity index (χ4n) is 1.69. The van der Waals surface area contributed by atoms with Crippen LogP contribution in [0.1, 0.15) is 20.7 Å². The summed E-state index contributed by atoms with van der Waals surface area (Å²) >= 11 is 11.8. The van der Waals surface area contributed by atoms with Gasteiger partial charge in [-0.3, -0.25) is 14.9 Å². The van der Waals surface area contributed by atoms with E-state index in [1.54, 1.807) is 36.4 Å². The lowest BCUT2D eigenvalue weighted by Crippen LogP contribution is -2.34. The van der Waals surface area contributed by atoms with Crippen molar-refractivity contribution in [3.63, 3.8) is 0 Å². The molecule has 0 unspecified atom stereocenters. The molecule has 0 spiro atoms. The van der Waals surface area contributed by atoms with Gasteiger partial charge in [0.2, 0.25) is 0 Å². The third kappa shape index (κ3) is 4.22. The molecule has 2 aromatic rings. The van der Waals surface area contributed by atoms with Crippen molar-refractivity contribution in [3.8, 4) is 0 Å². The van der Waals surface area contributed by atoms with Gasteiger partial charge in [-0.1, -0.05) is 18.2 Å². The highest BCUT2D eigenvalue weighted by Gasteiger charge is 2.11. The van der Waals surface area contributed by atoms with E-state index < -0.39 is 0 Å². The zero-order valence-corrected chi connectivity index (χ0v) is 15.1. The summed E-state index contributed by atoms with van der Waals surface area (Å²) in [6, 6.07) is 12.1. The molecule has 0 aliphatic rings. The Hall–Kier alpha value is -1.57. The number of carbonyl (C=O) groups excluding carboxylic acids is 2. The Kier molecular flexibility index (Phi) is 5.82. The number of hydrogen-bond donors (Lipinski definition) is 2. The maximum Gasteiger partial charge on any atom is 0.257 e. The number of amides is 1. The van der Waals surface area contributed by atoms with E-state index in [0.29, 0.717) is 25.8 Å². The monoisotopic (exact) mass is 440 g/mol. The molecule has 0 saturated heterocycles. The van der Waals surface area contributed by atoms with Crippen LogP contribution in [0, 0.1) is 0 Å². The second-order valence-electron chi connectivity index (χ2n) is 4.25. The topological polar surface area (TPSA) is 58.2 Å². The van der Waals surface area contributed by atoms with Gasteiger partial charge in [0, 0.05) is 20.1 Å². The van der Waals surface area contributed by atoms with Gasteiger partial charge in [-0.2, -0.15) is 0 Å². The summed E-state index contributed by atoms with van der Waals surface area (Å²) in [5, 5.41) is 5.68. The van der Waals surface area contributed by atoms with Crippen molar-refractivity contribution < 1.29 is 9.59 Å². The van der Waals surface area contributed by atoms with E-state index in [0.717, 1.165) is 6.29 Å². The van der Waals surface area contributed by atoms with Gasteiger partial charge in [0.15, 0.2) is 5.11 Å². The van der Waals surface area contributed by atoms with Gasteiger partial charge in [-0.05, 0) is 68.3 Å². The molecule has 0 fully saturated rings. The van der Waals surface area contributed by atoms with Crippen molar-refractivity contribution in [1.29, 1.82) is 0 Å². The average molecular weight is 442 g/mol. The molecule has 2 N–H and O–H groups in total. The smallest absolute Gasteiger partial charge is 0.257 e. The molecule has 112 valence electrons. The van der Waals surface area contributed by atoms with Crippen molar-refractivity contribution in [2.75, 3.05) is 5.32 Å². The van der Waals surface area contributed by atoms with Crippen LogP contribution in [0.3, 0.4) is 0 Å². The standard InChI is InChI=1S/C15H10Br2N2O2S/c16-11-6-9(8-20)7-12(17)13(11)18-15(22)19-14(21)10-4-2-1-3-5-10/h1-8H,(H2,18,19,21,22). The van der Waals surface area contributed by atoms with Gasteiger partial charge in [0.1, 0.15) is 6.29 Å². The summed E-state index contributed by atoms with van der Waals surface area (Å²) in [6.07, 6.45) is 0.745. The largest absolute Gasteiger partial charge is 0.331 e. The lowest BCUT2D eigenvalue weighted by atomic mass is 10.2. The first kappa shape index (κ1) is 16.8. The van der Waals surface area contributed by atoms with Gasteiger partial charge >= 0.3 is 0 Å². The Balaban J connectivity index is 2.10. The maximum absolute atomic E-state index is 12.0. The van der Waals surface area contributed by atoms with E-state index in [1.165, 1.54) is 0 Å². The second kappa shape index (κ2) is 7.62. The Morgan fingerprint density at radius 3 is 2.23 bits per heavy atom. The van der Waals surface area contributed by atoms with Crippen LogP contribution in [-0.4, -0.2) is 17.3 Å². The lowest BCUT2D eigenvalue weighted by molar-refractivity contribution is 0.0977. The summed E-state index contributed by atoms with van der Waals surface area (Å²) in [6.45, 7) is 0. The number of carbonyl (C=O) groups is 2. The molecule has 1 amide bonds. The number of thiocarbonyl (C=S) groups is 1. The van der Waals surface area contributed by atoms with E-state index >= 15 is 0 Å². The fourth-order valence-corrected chi connectivity index (χ4v) is 3.30. The Bertz CT molecular complexity index is 713. The first-order chi connectivity index (χ1) is 10.5. The number of benzene rings is 2. The quantitative estimate of drug-likeness (QED) is 0.554. The van der Waals surface area contributed by atoms with Crippen LogP contribution in [0.5, 0.6) is 0 Å². The van der Waals surface area contributed by atoms with E-state index in [-0.39, 0.29) is 11.0 Å². The first-order valence-electron chi connectivity index (χ1n) is 6.13. The van der Waals surface area contributed by atoms with Crippen LogP contribution in [0.15, 0.2) is 51.4 Å². The van der Waals surface area contributed by atoms with Crippen LogP contribution in [-0.2, 0) is 0 Å². The molecule has 0 radical (unpaired) electrons. The fraction of sp³-hybridized carbons (Fsp3) is 0. The van der Waals surface area contributed by atoms with Crippen LogP contribution >= 0.6 is 44.1 Å². The zero-order valence-electron chi connectivity index (χ0n) is 11.1. The predicted molar refractivity (Wildman–Crippen MR) is 97.4 cm³/mol. The molecule has 4 nitrogen and oxygen atoms in total. The molecule has 0 aliphatic carbocycles. The molecular weight excluding hydrogens is 432 g/mol. The summed E-state index contributed by atoms with van der Waals surface area (Å²) in [5.74, 6) is -0.296. The average Bonchev–Trinajstić information content (AvgIpc) is 2.51. The minimum absolute atomic E-state index is 0.161. The lowest BCUT2D eigenvalue weighted by Gasteiger charge is -2.13. The van der Waals surface area contributed by atoms with Gasteiger partial charge in [0.05, 0.1) is 5.69 Å². The molecule has 0 atom stereocenters. The number of hydrogen-bond acceptors (Lipinski definition) is 3. The number of nitrogens with one attached hydrogen (secondary N) is 2. The van der Waals surface area contributed by atoms with Crippen LogP contribution in [0.25, 0.3) is 0 Å². The van der Waals surface area contributed by atoms with Gasteiger partial charge in [-0.25, -0.2) is 0 Å². The van der Waals surface area contributed by atoms with Crippen molar-refractivity contribution in [2.45, 2.75) is 0 Å². The third-order valence-electron chi connectivity index (χ3n) is 2.70. The molecule has 2 aromatic carbocycles. The van der Waals surface area contributed by atoms with Crippen molar-refractivity contribution >= 4 is 67.1 Å². The zero-order chi connectivity index (χ0) is 16.1. The van der Waals surface area contributed by atoms with Gasteiger partial charge < -0.3 is 5.32 Å². The number of rotatable bonds is 3. The van der Waals surface area contributed by atoms with E-state index in [9.17, 15) is 9.59 Å². The van der Waals surface area contributed by atoms with Crippen LogP contribution < -0.4 is 10.6 Å². The Labute approximate surface area is 149 Å². The van der Waals surface area contributed by atoms with E-state index in [4.69, 9.17) is 12.2 Å². The Morgan fingerprint density at radius 2 is 1.68 bits per heavy atom. The molecule has 0 aliphatic heterocycles. The van der Waals surface area contributed by atoms with Crippen LogP contribution in [0.2, 0.25) is 0 Å². The molecule has 2 rings (SSSR count). The summed E-state index contributed by atoms with van der Waals surface area (Å²) < 4.78 is 1.31. The number of aldehydes is 1. The van der Waals surface area contributed by atoms with E-state index in [1.807, 2.05) is 6.07 Å². The first-order valence-corrected chi connectivity index (χ1v) is 8.12. The molecule has 0 aromatic heterocycles. The third-order valence-corrected chi connectivity index (χ3v) is 4.16. The van der Waals surface area contributed by atoms with Crippen molar-refractivity contribution in [1.82, 2.24) is 5.32 Å². The van der Waals surface area contributed by atoms with Crippen molar-refractivity contribution in [3.05, 3.63) is 62.5 Å². The summed E-state index contributed by atoms with van der Waals surface area (Å²) in [5.41, 5.74) is 1.66. The highest BCUT2D eigenvalue weighted by atomic mass is 79.9. The molecule has 22 heavy (non-hydrogen) atoms. The minimum atomic E-state index is -0.296. The van der Waals surface area contributed by atoms with Crippen molar-refractivity contribution in [2.24, 2.45) is 0 Å². The van der Waals surface area contributed by atoms with Crippen LogP contribution in [0.4, 0.5) is 5.69 Å². The van der Waals surface area contributed by atoms with E-state index in [2.05, 4.69) is 42.5 Å². The number of anilines is 1. The molecule has 0 saturated carbocycles. The molecule has 0 bridgehead atoms. The SMILES string of the molecule is O=Cc1cc(Br)c(NC(=S)NC(=O)c2ccccc2)c(Br)c1. The predicted octanol–water partition coefficient (Wildman–Crippen LogP) is 4.15. The molecule has 7 heteroatoms. The van der Waals surface area contributed by atoms with Gasteiger partial charge in [0.25, 0.3) is 5.91 Å². The second-order valence-corrected chi connectivity index (χ2v) is 6.37. The molecule has 0 heterocycles. The number of halogens is 2. The maximum atomic E-state index is 12.0. The normalized spacial score (nSPS) is 9.91. The minimum Gasteiger partial charge on any atom is -0.331 e. The summed E-state index contributed by atoms with van der Waals surface area (Å²) in [4.78, 5) is 22.8. The highest BCUT2D eigenvalue weighted by molar-refractivity contribution is 9.11. The summed E-state index contributed by atoms with van der Waals surface area (Å²) in [7, 11) is 0. The molecular formula is C15H10Br2N2O2S.